The Balaban J connectivity index is 2.16. The van der Waals surface area contributed by atoms with Gasteiger partial charge < -0.3 is 5.32 Å². The summed E-state index contributed by atoms with van der Waals surface area (Å²) in [5.41, 5.74) is 5.95. The summed E-state index contributed by atoms with van der Waals surface area (Å²) in [7, 11) is 1.65. The topological polar surface area (TPSA) is 96.3 Å². The lowest BCUT2D eigenvalue weighted by atomic mass is 10.1. The minimum absolute atomic E-state index is 0.0323. The lowest BCUT2D eigenvalue weighted by molar-refractivity contribution is -0.384. The van der Waals surface area contributed by atoms with Crippen molar-refractivity contribution < 1.29 is 9.72 Å². The number of thioether (sulfide) groups is 2. The van der Waals surface area contributed by atoms with Crippen LogP contribution in [-0.4, -0.2) is 34.5 Å². The monoisotopic (exact) mass is 372 g/mol. The highest BCUT2D eigenvalue weighted by Crippen LogP contribution is 2.54. The van der Waals surface area contributed by atoms with Crippen molar-refractivity contribution in [2.45, 2.75) is 10.5 Å². The van der Waals surface area contributed by atoms with Crippen LogP contribution in [0.25, 0.3) is 0 Å². The summed E-state index contributed by atoms with van der Waals surface area (Å²) in [5, 5.41) is 14.0. The quantitative estimate of drug-likeness (QED) is 0.418. The van der Waals surface area contributed by atoms with Crippen molar-refractivity contribution in [1.82, 2.24) is 16.2 Å². The molecule has 0 bridgehead atoms. The van der Waals surface area contributed by atoms with Crippen molar-refractivity contribution in [3.63, 3.8) is 0 Å². The number of benzene rings is 1. The van der Waals surface area contributed by atoms with E-state index in [9.17, 15) is 14.9 Å². The first-order chi connectivity index (χ1) is 11.0. The van der Waals surface area contributed by atoms with Crippen LogP contribution in [0, 0.1) is 10.1 Å². The summed E-state index contributed by atoms with van der Waals surface area (Å²) < 4.78 is -0.515. The average molecular weight is 372 g/mol. The van der Waals surface area contributed by atoms with E-state index in [0.29, 0.717) is 5.11 Å². The average Bonchev–Trinajstić information content (AvgIpc) is 3.02. The highest BCUT2D eigenvalue weighted by Gasteiger charge is 2.40. The number of nitro groups is 1. The molecule has 23 heavy (non-hydrogen) atoms. The molecule has 1 aliphatic rings. The molecule has 0 unspecified atom stereocenters. The molecule has 0 radical (unpaired) electrons. The van der Waals surface area contributed by atoms with Gasteiger partial charge in [0.1, 0.15) is 0 Å². The zero-order chi connectivity index (χ0) is 16.9. The van der Waals surface area contributed by atoms with Crippen molar-refractivity contribution in [2.24, 2.45) is 0 Å². The van der Waals surface area contributed by atoms with Crippen LogP contribution < -0.4 is 16.2 Å². The van der Waals surface area contributed by atoms with E-state index >= 15 is 0 Å². The smallest absolute Gasteiger partial charge is 0.269 e. The number of carbonyl (C=O) groups is 1. The van der Waals surface area contributed by atoms with Crippen LogP contribution in [0.15, 0.2) is 24.3 Å². The first kappa shape index (κ1) is 17.8. The second-order valence-electron chi connectivity index (χ2n) is 4.69. The first-order valence-corrected chi connectivity index (χ1v) is 9.14. The van der Waals surface area contributed by atoms with Crippen LogP contribution in [-0.2, 0) is 8.87 Å². The van der Waals surface area contributed by atoms with E-state index in [4.69, 9.17) is 12.2 Å². The van der Waals surface area contributed by atoms with Crippen molar-refractivity contribution in [3.05, 3.63) is 39.9 Å². The first-order valence-electron chi connectivity index (χ1n) is 6.76. The van der Waals surface area contributed by atoms with Gasteiger partial charge in [-0.3, -0.25) is 25.8 Å². The number of nitro benzene ring substituents is 1. The Morgan fingerprint density at radius 1 is 1.39 bits per heavy atom. The van der Waals surface area contributed by atoms with E-state index in [-0.39, 0.29) is 18.0 Å². The minimum Gasteiger partial charge on any atom is -0.364 e. The second-order valence-corrected chi connectivity index (χ2v) is 8.14. The number of nitrogens with one attached hydrogen (secondary N) is 3. The molecule has 1 amide bonds. The van der Waals surface area contributed by atoms with Gasteiger partial charge in [0, 0.05) is 30.7 Å². The fraction of sp³-hybridized carbons (Fsp3) is 0.385. The maximum atomic E-state index is 12.2. The summed E-state index contributed by atoms with van der Waals surface area (Å²) in [6.07, 6.45) is 0.197. The molecule has 10 heteroatoms. The molecule has 0 saturated carbocycles. The highest BCUT2D eigenvalue weighted by molar-refractivity contribution is 8.20. The molecular formula is C13H16N4O3S3. The maximum Gasteiger partial charge on any atom is 0.269 e. The van der Waals surface area contributed by atoms with Gasteiger partial charge in [0.2, 0.25) is 5.91 Å². The fourth-order valence-electron chi connectivity index (χ4n) is 2.13. The van der Waals surface area contributed by atoms with Gasteiger partial charge in [-0.15, -0.1) is 23.5 Å². The number of hydrogen-bond donors (Lipinski definition) is 3. The van der Waals surface area contributed by atoms with E-state index in [1.54, 1.807) is 42.7 Å². The lowest BCUT2D eigenvalue weighted by Crippen LogP contribution is -2.46. The van der Waals surface area contributed by atoms with Crippen LogP contribution in [0.4, 0.5) is 5.69 Å². The number of thiocarbonyl (C=S) groups is 1. The van der Waals surface area contributed by atoms with Crippen molar-refractivity contribution in [1.29, 1.82) is 0 Å². The summed E-state index contributed by atoms with van der Waals surface area (Å²) in [6.45, 7) is 0. The summed E-state index contributed by atoms with van der Waals surface area (Å²) in [6, 6.07) is 6.48. The molecule has 1 aromatic carbocycles. The maximum absolute atomic E-state index is 12.2. The lowest BCUT2D eigenvalue weighted by Gasteiger charge is -2.27. The highest BCUT2D eigenvalue weighted by atomic mass is 32.2. The van der Waals surface area contributed by atoms with Crippen LogP contribution in [0.1, 0.15) is 12.0 Å². The Morgan fingerprint density at radius 2 is 2.09 bits per heavy atom. The molecule has 124 valence electrons. The third-order valence-corrected chi connectivity index (χ3v) is 6.97. The van der Waals surface area contributed by atoms with Crippen LogP contribution in [0.3, 0.4) is 0 Å². The third-order valence-electron chi connectivity index (χ3n) is 3.19. The predicted octanol–water partition coefficient (Wildman–Crippen LogP) is 1.74. The van der Waals surface area contributed by atoms with Gasteiger partial charge in [-0.1, -0.05) is 12.1 Å². The Morgan fingerprint density at radius 3 is 2.70 bits per heavy atom. The van der Waals surface area contributed by atoms with Crippen molar-refractivity contribution >= 4 is 52.4 Å². The van der Waals surface area contributed by atoms with Gasteiger partial charge in [0.25, 0.3) is 5.69 Å². The van der Waals surface area contributed by atoms with Gasteiger partial charge in [-0.05, 0) is 17.8 Å². The largest absolute Gasteiger partial charge is 0.364 e. The zero-order valence-corrected chi connectivity index (χ0v) is 14.8. The molecule has 3 N–H and O–H groups in total. The SMILES string of the molecule is CNC(=S)NNC(=O)CC1(c2cccc([N+](=O)[O-])c2)SCCS1. The number of carbonyl (C=O) groups excluding carboxylic acids is 1. The van der Waals surface area contributed by atoms with Crippen LogP contribution >= 0.6 is 35.7 Å². The Labute approximate surface area is 147 Å². The standard InChI is InChI=1S/C13H16N4O3S3/c1-14-12(21)16-15-11(18)8-13(22-5-6-23-13)9-3-2-4-10(7-9)17(19)20/h2-4,7H,5-6,8H2,1H3,(H,15,18)(H2,14,16,21). The minimum atomic E-state index is -0.515. The van der Waals surface area contributed by atoms with Crippen LogP contribution in [0.2, 0.25) is 0 Å². The molecule has 1 fully saturated rings. The molecule has 0 aromatic heterocycles. The van der Waals surface area contributed by atoms with E-state index < -0.39 is 9.00 Å². The Kier molecular flexibility index (Phi) is 6.08. The van der Waals surface area contributed by atoms with E-state index in [2.05, 4.69) is 16.2 Å². The molecule has 0 aliphatic carbocycles. The normalized spacial score (nSPS) is 15.7. The van der Waals surface area contributed by atoms with Gasteiger partial charge in [-0.2, -0.15) is 0 Å². The summed E-state index contributed by atoms with van der Waals surface area (Å²) in [5.74, 6) is 1.56. The van der Waals surface area contributed by atoms with Gasteiger partial charge >= 0.3 is 0 Å². The molecule has 1 saturated heterocycles. The predicted molar refractivity (Wildman–Crippen MR) is 97.2 cm³/mol. The van der Waals surface area contributed by atoms with Crippen LogP contribution in [0.5, 0.6) is 0 Å². The number of hydrogen-bond acceptors (Lipinski definition) is 6. The molecule has 0 atom stereocenters. The van der Waals surface area contributed by atoms with Gasteiger partial charge in [0.05, 0.1) is 15.4 Å². The number of nitrogens with zero attached hydrogens (tertiary/aromatic N) is 1. The number of non-ortho nitro benzene ring substituents is 1. The summed E-state index contributed by atoms with van der Waals surface area (Å²) in [4.78, 5) is 22.8. The Bertz CT molecular complexity index is 620. The molecule has 1 aliphatic heterocycles. The molecule has 1 aromatic rings. The van der Waals surface area contributed by atoms with Crippen molar-refractivity contribution in [3.8, 4) is 0 Å². The molecule has 0 spiro atoms. The van der Waals surface area contributed by atoms with Crippen molar-refractivity contribution in [2.75, 3.05) is 18.6 Å². The number of hydrazine groups is 1. The molecule has 1 heterocycles. The van der Waals surface area contributed by atoms with E-state index in [1.165, 1.54) is 6.07 Å². The zero-order valence-electron chi connectivity index (χ0n) is 12.3. The van der Waals surface area contributed by atoms with E-state index in [1.807, 2.05) is 6.07 Å². The summed E-state index contributed by atoms with van der Waals surface area (Å²) >= 11 is 8.17. The number of rotatable bonds is 4. The van der Waals surface area contributed by atoms with Gasteiger partial charge in [-0.25, -0.2) is 0 Å². The third kappa shape index (κ3) is 4.49. The van der Waals surface area contributed by atoms with E-state index in [0.717, 1.165) is 17.1 Å². The molecular weight excluding hydrogens is 356 g/mol. The second kappa shape index (κ2) is 7.84. The molecule has 2 rings (SSSR count). The van der Waals surface area contributed by atoms with Gasteiger partial charge in [0.15, 0.2) is 5.11 Å². The number of amides is 1. The molecule has 7 nitrogen and oxygen atoms in total. The Hall–Kier alpha value is -1.52. The fourth-order valence-corrected chi connectivity index (χ4v) is 5.39.